The van der Waals surface area contributed by atoms with Gasteiger partial charge in [0.1, 0.15) is 11.5 Å². The lowest BCUT2D eigenvalue weighted by molar-refractivity contribution is 0.0919. The predicted octanol–water partition coefficient (Wildman–Crippen LogP) is 5.66. The van der Waals surface area contributed by atoms with Gasteiger partial charge in [0.25, 0.3) is 5.91 Å². The van der Waals surface area contributed by atoms with Gasteiger partial charge in [-0.05, 0) is 78.5 Å². The van der Waals surface area contributed by atoms with E-state index in [1.807, 2.05) is 36.1 Å². The van der Waals surface area contributed by atoms with Crippen LogP contribution in [-0.4, -0.2) is 25.2 Å². The Morgan fingerprint density at radius 1 is 1.19 bits per heavy atom. The van der Waals surface area contributed by atoms with Gasteiger partial charge in [-0.25, -0.2) is 14.1 Å². The summed E-state index contributed by atoms with van der Waals surface area (Å²) >= 11 is 0. The first kappa shape index (κ1) is 23.4. The maximum Gasteiger partial charge on any atom is 0.271 e. The number of benzene rings is 2. The highest BCUT2D eigenvalue weighted by Gasteiger charge is 2.46. The van der Waals surface area contributed by atoms with Crippen LogP contribution in [0.3, 0.4) is 0 Å². The second-order valence-electron chi connectivity index (χ2n) is 10.5. The Labute approximate surface area is 215 Å². The Hall–Kier alpha value is -4.00. The number of aromatic nitrogens is 4. The quantitative estimate of drug-likeness (QED) is 0.375. The molecule has 1 unspecified atom stereocenters. The van der Waals surface area contributed by atoms with E-state index < -0.39 is 0 Å². The van der Waals surface area contributed by atoms with Crippen LogP contribution in [0, 0.1) is 17.2 Å². The molecule has 2 heterocycles. The summed E-state index contributed by atoms with van der Waals surface area (Å²) in [5.74, 6) is -0.00683. The minimum atomic E-state index is -0.252. The molecule has 2 aliphatic rings. The second-order valence-corrected chi connectivity index (χ2v) is 10.5. The Bertz CT molecular complexity index is 1470. The molecule has 0 aliphatic heterocycles. The van der Waals surface area contributed by atoms with Gasteiger partial charge in [0.15, 0.2) is 0 Å². The molecule has 0 radical (unpaired) electrons. The Kier molecular flexibility index (Phi) is 5.78. The average molecular weight is 496 g/mol. The van der Waals surface area contributed by atoms with E-state index in [4.69, 9.17) is 0 Å². The number of fused-ring (bicyclic) bond motifs is 2. The minimum Gasteiger partial charge on any atom is -0.344 e. The van der Waals surface area contributed by atoms with Crippen LogP contribution in [0.1, 0.15) is 59.5 Å². The number of rotatable bonds is 6. The van der Waals surface area contributed by atoms with Gasteiger partial charge in [0.05, 0.1) is 29.9 Å². The van der Waals surface area contributed by atoms with Crippen molar-refractivity contribution < 1.29 is 9.18 Å². The fraction of sp³-hybridized carbons (Fsp3) is 0.300. The lowest BCUT2D eigenvalue weighted by Crippen LogP contribution is -2.35. The maximum absolute atomic E-state index is 13.5. The van der Waals surface area contributed by atoms with Gasteiger partial charge in [-0.15, -0.1) is 0 Å². The van der Waals surface area contributed by atoms with Crippen LogP contribution in [-0.2, 0) is 13.5 Å². The Morgan fingerprint density at radius 3 is 2.70 bits per heavy atom. The molecule has 2 aromatic heterocycles. The molecule has 4 aromatic rings. The lowest BCUT2D eigenvalue weighted by Gasteiger charge is -2.37. The molecule has 3 atom stereocenters. The van der Waals surface area contributed by atoms with Crippen molar-refractivity contribution >= 4 is 12.0 Å². The molecule has 1 amide bonds. The van der Waals surface area contributed by atoms with Crippen molar-refractivity contribution in [3.8, 4) is 5.69 Å². The zero-order valence-corrected chi connectivity index (χ0v) is 21.1. The van der Waals surface area contributed by atoms with E-state index in [1.165, 1.54) is 23.3 Å². The van der Waals surface area contributed by atoms with E-state index in [1.54, 1.807) is 29.2 Å². The number of amides is 1. The number of aryl methyl sites for hydroxylation is 1. The average Bonchev–Trinajstić information content (AvgIpc) is 3.60. The fourth-order valence-corrected chi connectivity index (χ4v) is 6.11. The third kappa shape index (κ3) is 4.28. The van der Waals surface area contributed by atoms with Crippen LogP contribution in [0.2, 0.25) is 0 Å². The van der Waals surface area contributed by atoms with Gasteiger partial charge in [-0.2, -0.15) is 5.10 Å². The molecule has 0 saturated heterocycles. The molecule has 0 bridgehead atoms. The minimum absolute atomic E-state index is 0.00753. The van der Waals surface area contributed by atoms with Crippen molar-refractivity contribution in [1.82, 2.24) is 24.6 Å². The van der Waals surface area contributed by atoms with Crippen LogP contribution in [0.15, 0.2) is 78.9 Å². The first-order valence-corrected chi connectivity index (χ1v) is 12.8. The number of nitrogens with zero attached hydrogens (tertiary/aromatic N) is 4. The van der Waals surface area contributed by atoms with Crippen molar-refractivity contribution in [3.63, 3.8) is 0 Å². The third-order valence-electron chi connectivity index (χ3n) is 8.19. The Balaban J connectivity index is 1.27. The van der Waals surface area contributed by atoms with Crippen molar-refractivity contribution in [2.45, 2.75) is 38.6 Å². The summed E-state index contributed by atoms with van der Waals surface area (Å²) in [4.78, 5) is 17.3. The molecule has 2 aromatic carbocycles. The zero-order chi connectivity index (χ0) is 25.6. The lowest BCUT2D eigenvalue weighted by atomic mass is 9.68. The van der Waals surface area contributed by atoms with E-state index >= 15 is 0 Å². The van der Waals surface area contributed by atoms with E-state index in [9.17, 15) is 9.18 Å². The summed E-state index contributed by atoms with van der Waals surface area (Å²) in [6.45, 7) is 2.36. The standard InChI is InChI=1S/C30H30FN5O/c1-30-16-21-17-33-36(25-12-10-24(31)11-13-25)28(21)15-23(30)9-8-22(30)14-26(20-6-4-3-5-7-20)34-29(37)27-18-35(2)19-32-27/h3-7,10-13,15,17-19,22,26H,8-9,14,16H2,1-2H3,(H,34,37)/t22-,26?,30-/m1/s1. The first-order valence-electron chi connectivity index (χ1n) is 12.8. The van der Waals surface area contributed by atoms with Gasteiger partial charge in [0, 0.05) is 13.2 Å². The third-order valence-corrected chi connectivity index (χ3v) is 8.19. The highest BCUT2D eigenvalue weighted by Crippen LogP contribution is 2.55. The van der Waals surface area contributed by atoms with Gasteiger partial charge in [0.2, 0.25) is 0 Å². The molecule has 1 N–H and O–H groups in total. The molecule has 0 spiro atoms. The highest BCUT2D eigenvalue weighted by molar-refractivity contribution is 5.92. The molecule has 2 aliphatic carbocycles. The first-order chi connectivity index (χ1) is 17.9. The normalized spacial score (nSPS) is 21.2. The van der Waals surface area contributed by atoms with Crippen LogP contribution >= 0.6 is 0 Å². The topological polar surface area (TPSA) is 64.7 Å². The Morgan fingerprint density at radius 2 is 1.97 bits per heavy atom. The molecule has 37 heavy (non-hydrogen) atoms. The summed E-state index contributed by atoms with van der Waals surface area (Å²) in [7, 11) is 1.86. The van der Waals surface area contributed by atoms with E-state index in [0.29, 0.717) is 11.6 Å². The molecular weight excluding hydrogens is 465 g/mol. The van der Waals surface area contributed by atoms with Crippen molar-refractivity contribution in [3.05, 3.63) is 107 Å². The predicted molar refractivity (Wildman–Crippen MR) is 141 cm³/mol. The van der Waals surface area contributed by atoms with Crippen LogP contribution in [0.25, 0.3) is 11.8 Å². The number of allylic oxidation sites excluding steroid dienone is 1. The van der Waals surface area contributed by atoms with Crippen molar-refractivity contribution in [1.29, 1.82) is 0 Å². The molecule has 6 rings (SSSR count). The fourth-order valence-electron chi connectivity index (χ4n) is 6.11. The maximum atomic E-state index is 13.5. The van der Waals surface area contributed by atoms with Gasteiger partial charge >= 0.3 is 0 Å². The molecule has 6 nitrogen and oxygen atoms in total. The summed E-state index contributed by atoms with van der Waals surface area (Å²) in [6, 6.07) is 16.6. The zero-order valence-electron chi connectivity index (χ0n) is 21.1. The van der Waals surface area contributed by atoms with Crippen LogP contribution in [0.5, 0.6) is 0 Å². The molecule has 1 saturated carbocycles. The SMILES string of the molecule is Cn1cnc(C(=O)NC(C[C@H]2CCC3=Cc4c(cnn4-c4ccc(F)cc4)C[C@@]32C)c2ccccc2)c1. The number of carbonyl (C=O) groups excluding carboxylic acids is 1. The summed E-state index contributed by atoms with van der Waals surface area (Å²) in [5.41, 5.74) is 6.10. The number of carbonyl (C=O) groups is 1. The van der Waals surface area contributed by atoms with Gasteiger partial charge in [-0.3, -0.25) is 4.79 Å². The number of hydrogen-bond acceptors (Lipinski definition) is 3. The van der Waals surface area contributed by atoms with E-state index in [0.717, 1.165) is 42.6 Å². The number of hydrogen-bond donors (Lipinski definition) is 1. The van der Waals surface area contributed by atoms with Crippen LogP contribution < -0.4 is 5.32 Å². The molecule has 1 fully saturated rings. The van der Waals surface area contributed by atoms with Crippen molar-refractivity contribution in [2.75, 3.05) is 0 Å². The highest BCUT2D eigenvalue weighted by atomic mass is 19.1. The van der Waals surface area contributed by atoms with Gasteiger partial charge in [-0.1, -0.05) is 42.8 Å². The summed E-state index contributed by atoms with van der Waals surface area (Å²) in [6.07, 6.45) is 11.5. The van der Waals surface area contributed by atoms with Crippen molar-refractivity contribution in [2.24, 2.45) is 18.4 Å². The molecular formula is C30H30FN5O. The smallest absolute Gasteiger partial charge is 0.271 e. The molecule has 7 heteroatoms. The monoisotopic (exact) mass is 495 g/mol. The molecule has 188 valence electrons. The second kappa shape index (κ2) is 9.14. The number of halogens is 1. The summed E-state index contributed by atoms with van der Waals surface area (Å²) in [5, 5.41) is 7.92. The summed E-state index contributed by atoms with van der Waals surface area (Å²) < 4.78 is 17.2. The number of imidazole rings is 1. The van der Waals surface area contributed by atoms with E-state index in [2.05, 4.69) is 40.5 Å². The largest absolute Gasteiger partial charge is 0.344 e. The van der Waals surface area contributed by atoms with Gasteiger partial charge < -0.3 is 9.88 Å². The van der Waals surface area contributed by atoms with E-state index in [-0.39, 0.29) is 23.2 Å². The number of nitrogens with one attached hydrogen (secondary N) is 1. The van der Waals surface area contributed by atoms with Crippen LogP contribution in [0.4, 0.5) is 4.39 Å².